The largest absolute Gasteiger partial charge is 0.494 e. The molecule has 2 heterocycles. The Hall–Kier alpha value is -4.45. The number of likely N-dealkylation sites (tertiary alicyclic amines) is 1. The molecule has 0 radical (unpaired) electrons. The number of nitrogens with zero attached hydrogens (tertiary/aromatic N) is 2. The molecule has 0 saturated carbocycles. The fourth-order valence-corrected chi connectivity index (χ4v) is 6.50. The third-order valence-electron chi connectivity index (χ3n) is 8.21. The van der Waals surface area contributed by atoms with Crippen LogP contribution in [0.3, 0.4) is 0 Å². The maximum atomic E-state index is 14.0. The van der Waals surface area contributed by atoms with Gasteiger partial charge in [0.15, 0.2) is 0 Å². The highest BCUT2D eigenvalue weighted by molar-refractivity contribution is 7.13. The van der Waals surface area contributed by atoms with Crippen LogP contribution in [0.5, 0.6) is 5.75 Å². The predicted molar refractivity (Wildman–Crippen MR) is 195 cm³/mol. The number of alkyl carbamates (subject to hydrolysis) is 1. The van der Waals surface area contributed by atoms with Gasteiger partial charge < -0.3 is 30.3 Å². The van der Waals surface area contributed by atoms with Crippen molar-refractivity contribution in [3.8, 4) is 16.2 Å². The van der Waals surface area contributed by atoms with Crippen LogP contribution >= 0.6 is 11.3 Å². The molecule has 3 aromatic rings. The van der Waals surface area contributed by atoms with Crippen LogP contribution in [0.4, 0.5) is 4.79 Å². The summed E-state index contributed by atoms with van der Waals surface area (Å²) in [5.41, 5.74) is 4.46. The summed E-state index contributed by atoms with van der Waals surface area (Å²) in [6.45, 7) is 14.7. The molecule has 2 aromatic carbocycles. The van der Waals surface area contributed by atoms with Crippen molar-refractivity contribution in [3.05, 3.63) is 70.9 Å². The van der Waals surface area contributed by atoms with Gasteiger partial charge in [0.05, 0.1) is 29.1 Å². The molecule has 50 heavy (non-hydrogen) atoms. The molecule has 1 fully saturated rings. The van der Waals surface area contributed by atoms with Crippen LogP contribution in [-0.2, 0) is 32.1 Å². The predicted octanol–water partition coefficient (Wildman–Crippen LogP) is 5.79. The third-order valence-corrected chi connectivity index (χ3v) is 9.18. The van der Waals surface area contributed by atoms with E-state index in [0.29, 0.717) is 51.3 Å². The Morgan fingerprint density at radius 1 is 1.00 bits per heavy atom. The topological polar surface area (TPSA) is 139 Å². The van der Waals surface area contributed by atoms with Crippen LogP contribution in [-0.4, -0.2) is 71.1 Å². The Morgan fingerprint density at radius 3 is 2.40 bits per heavy atom. The molecular weight excluding hydrogens is 655 g/mol. The summed E-state index contributed by atoms with van der Waals surface area (Å²) in [7, 11) is 0. The number of ether oxygens (including phenoxy) is 2. The van der Waals surface area contributed by atoms with Crippen molar-refractivity contribution >= 4 is 35.2 Å². The van der Waals surface area contributed by atoms with Gasteiger partial charge in [0, 0.05) is 19.6 Å². The first-order valence-corrected chi connectivity index (χ1v) is 18.0. The second-order valence-electron chi connectivity index (χ2n) is 14.7. The summed E-state index contributed by atoms with van der Waals surface area (Å²) in [6.07, 6.45) is 1.44. The maximum absolute atomic E-state index is 14.0. The average molecular weight is 706 g/mol. The molecule has 2 unspecified atom stereocenters. The van der Waals surface area contributed by atoms with E-state index >= 15 is 0 Å². The van der Waals surface area contributed by atoms with E-state index in [-0.39, 0.29) is 24.1 Å². The number of aromatic nitrogens is 1. The van der Waals surface area contributed by atoms with Crippen molar-refractivity contribution in [3.63, 3.8) is 0 Å². The zero-order valence-electron chi connectivity index (χ0n) is 30.3. The van der Waals surface area contributed by atoms with Crippen LogP contribution in [0, 0.1) is 12.3 Å². The van der Waals surface area contributed by atoms with E-state index in [4.69, 9.17) is 9.47 Å². The SMILES string of the molecule is Cc1ncsc1-c1ccc(CNC(=O)C2CCCN2C(=O)C(NC(=O)Cc2cccc(OCCCNC(=O)OC(C)(C)C)c2)C(C)(C)C)cc1. The van der Waals surface area contributed by atoms with Gasteiger partial charge in [-0.2, -0.15) is 0 Å². The number of amides is 4. The van der Waals surface area contributed by atoms with Crippen LogP contribution < -0.4 is 20.7 Å². The highest BCUT2D eigenvalue weighted by Gasteiger charge is 2.41. The number of hydrogen-bond acceptors (Lipinski definition) is 8. The van der Waals surface area contributed by atoms with Gasteiger partial charge in [-0.1, -0.05) is 57.2 Å². The minimum Gasteiger partial charge on any atom is -0.494 e. The zero-order valence-corrected chi connectivity index (χ0v) is 31.1. The molecule has 11 nitrogen and oxygen atoms in total. The first-order valence-electron chi connectivity index (χ1n) is 17.2. The third kappa shape index (κ3) is 11.3. The smallest absolute Gasteiger partial charge is 0.407 e. The molecule has 12 heteroatoms. The second-order valence-corrected chi connectivity index (χ2v) is 15.5. The van der Waals surface area contributed by atoms with Gasteiger partial charge >= 0.3 is 6.09 Å². The van der Waals surface area contributed by atoms with E-state index in [0.717, 1.165) is 27.3 Å². The number of hydrogen-bond donors (Lipinski definition) is 3. The number of carbonyl (C=O) groups is 4. The highest BCUT2D eigenvalue weighted by atomic mass is 32.1. The van der Waals surface area contributed by atoms with E-state index in [1.54, 1.807) is 22.3 Å². The molecule has 0 spiro atoms. The molecule has 3 N–H and O–H groups in total. The fourth-order valence-electron chi connectivity index (χ4n) is 5.69. The summed E-state index contributed by atoms with van der Waals surface area (Å²) in [4.78, 5) is 59.5. The standard InChI is InChI=1S/C38H51N5O6S/c1-25-32(50-24-41-25)28-16-14-26(15-17-28)23-40-34(45)30-13-9-19-43(30)35(46)33(37(2,3)4)42-31(44)22-27-11-8-12-29(21-27)48-20-10-18-39-36(47)49-38(5,6)7/h8,11-12,14-17,21,24,30,33H,9-10,13,18-20,22-23H2,1-7H3,(H,39,47)(H,40,45)(H,42,44). The number of nitrogens with one attached hydrogen (secondary N) is 3. The molecule has 4 amide bonds. The number of thiazole rings is 1. The van der Waals surface area contributed by atoms with Crippen molar-refractivity contribution in [2.45, 2.75) is 98.4 Å². The quantitative estimate of drug-likeness (QED) is 0.191. The van der Waals surface area contributed by atoms with E-state index < -0.39 is 29.2 Å². The lowest BCUT2D eigenvalue weighted by Crippen LogP contribution is -2.57. The molecule has 0 bridgehead atoms. The molecule has 270 valence electrons. The number of benzene rings is 2. The van der Waals surface area contributed by atoms with E-state index in [1.807, 2.05) is 96.4 Å². The van der Waals surface area contributed by atoms with Crippen molar-refractivity contribution in [1.82, 2.24) is 25.8 Å². The summed E-state index contributed by atoms with van der Waals surface area (Å²) in [5.74, 6) is -0.151. The summed E-state index contributed by atoms with van der Waals surface area (Å²) in [5, 5.41) is 8.69. The lowest BCUT2D eigenvalue weighted by molar-refractivity contribution is -0.143. The van der Waals surface area contributed by atoms with Gasteiger partial charge in [0.25, 0.3) is 0 Å². The van der Waals surface area contributed by atoms with Crippen molar-refractivity contribution in [2.24, 2.45) is 5.41 Å². The monoisotopic (exact) mass is 705 g/mol. The molecule has 1 aliphatic heterocycles. The van der Waals surface area contributed by atoms with Crippen LogP contribution in [0.25, 0.3) is 10.4 Å². The molecule has 1 aliphatic rings. The van der Waals surface area contributed by atoms with Crippen LogP contribution in [0.1, 0.15) is 77.6 Å². The van der Waals surface area contributed by atoms with E-state index in [1.165, 1.54) is 0 Å². The number of carbonyl (C=O) groups excluding carboxylic acids is 4. The second kappa shape index (κ2) is 17.0. The Balaban J connectivity index is 1.28. The van der Waals surface area contributed by atoms with Crippen molar-refractivity contribution < 1.29 is 28.7 Å². The molecular formula is C38H51N5O6S. The summed E-state index contributed by atoms with van der Waals surface area (Å²) < 4.78 is 11.1. The minimum absolute atomic E-state index is 0.0581. The summed E-state index contributed by atoms with van der Waals surface area (Å²) in [6, 6.07) is 13.9. The normalized spacial score (nSPS) is 15.3. The van der Waals surface area contributed by atoms with Gasteiger partial charge in [-0.15, -0.1) is 11.3 Å². The summed E-state index contributed by atoms with van der Waals surface area (Å²) >= 11 is 1.60. The minimum atomic E-state index is -0.817. The molecule has 4 rings (SSSR count). The fraction of sp³-hybridized carbons (Fsp3) is 0.500. The van der Waals surface area contributed by atoms with E-state index in [2.05, 4.69) is 20.9 Å². The average Bonchev–Trinajstić information content (AvgIpc) is 3.71. The molecule has 2 atom stereocenters. The highest BCUT2D eigenvalue weighted by Crippen LogP contribution is 2.28. The maximum Gasteiger partial charge on any atom is 0.407 e. The lowest BCUT2D eigenvalue weighted by Gasteiger charge is -2.35. The van der Waals surface area contributed by atoms with Gasteiger partial charge in [0.1, 0.15) is 23.4 Å². The van der Waals surface area contributed by atoms with Gasteiger partial charge in [-0.3, -0.25) is 14.4 Å². The number of rotatable bonds is 13. The molecule has 1 saturated heterocycles. The number of aryl methyl sites for hydroxylation is 1. The molecule has 1 aromatic heterocycles. The van der Waals surface area contributed by atoms with Crippen LogP contribution in [0.2, 0.25) is 0 Å². The van der Waals surface area contributed by atoms with Crippen molar-refractivity contribution in [1.29, 1.82) is 0 Å². The first kappa shape index (κ1) is 38.4. The van der Waals surface area contributed by atoms with Gasteiger partial charge in [-0.05, 0) is 81.2 Å². The Morgan fingerprint density at radius 2 is 1.74 bits per heavy atom. The zero-order chi connectivity index (χ0) is 36.5. The Kier molecular flexibility index (Phi) is 13.0. The van der Waals surface area contributed by atoms with Crippen LogP contribution in [0.15, 0.2) is 54.0 Å². The van der Waals surface area contributed by atoms with Gasteiger partial charge in [0.2, 0.25) is 17.7 Å². The van der Waals surface area contributed by atoms with Crippen molar-refractivity contribution in [2.75, 3.05) is 19.7 Å². The first-order chi connectivity index (χ1) is 23.6. The van der Waals surface area contributed by atoms with E-state index in [9.17, 15) is 19.2 Å². The van der Waals surface area contributed by atoms with Gasteiger partial charge in [-0.25, -0.2) is 9.78 Å². The Labute approximate surface area is 299 Å². The lowest BCUT2D eigenvalue weighted by atomic mass is 9.85. The molecule has 0 aliphatic carbocycles. The Bertz CT molecular complexity index is 1630.